The van der Waals surface area contributed by atoms with E-state index < -0.39 is 0 Å². The first kappa shape index (κ1) is 11.2. The van der Waals surface area contributed by atoms with Crippen molar-refractivity contribution >= 4 is 17.5 Å². The van der Waals surface area contributed by atoms with Gasteiger partial charge in [0.25, 0.3) is 0 Å². The van der Waals surface area contributed by atoms with Gasteiger partial charge in [-0.3, -0.25) is 4.79 Å². The molecule has 3 heteroatoms. The zero-order chi connectivity index (χ0) is 10.6. The number of carbonyl (C=O) groups excluding carboxylic acids is 1. The molecule has 0 unspecified atom stereocenters. The van der Waals surface area contributed by atoms with Crippen LogP contribution in [0.1, 0.15) is 37.7 Å². The van der Waals surface area contributed by atoms with E-state index in [2.05, 4.69) is 18.8 Å². The molecule has 0 bridgehead atoms. The van der Waals surface area contributed by atoms with Crippen LogP contribution in [0.4, 0.5) is 0 Å². The van der Waals surface area contributed by atoms with E-state index in [-0.39, 0.29) is 5.78 Å². The highest BCUT2D eigenvalue weighted by Crippen LogP contribution is 2.20. The van der Waals surface area contributed by atoms with Crippen molar-refractivity contribution in [2.75, 3.05) is 0 Å². The molecule has 0 atom stereocenters. The normalized spacial score (nSPS) is 10.6. The van der Waals surface area contributed by atoms with Crippen molar-refractivity contribution < 1.29 is 4.79 Å². The van der Waals surface area contributed by atoms with Gasteiger partial charge in [0.2, 0.25) is 0 Å². The fraction of sp³-hybridized carbons (Fsp3) is 0.455. The van der Waals surface area contributed by atoms with E-state index in [0.717, 1.165) is 5.03 Å². The Balaban J connectivity index is 2.84. The molecule has 14 heavy (non-hydrogen) atoms. The monoisotopic (exact) mass is 209 g/mol. The summed E-state index contributed by atoms with van der Waals surface area (Å²) in [5.41, 5.74) is 0.582. The summed E-state index contributed by atoms with van der Waals surface area (Å²) >= 11 is 1.68. The maximum absolute atomic E-state index is 11.4. The number of carbonyl (C=O) groups is 1. The average Bonchev–Trinajstić information content (AvgIpc) is 2.16. The van der Waals surface area contributed by atoms with Gasteiger partial charge in [0.15, 0.2) is 5.78 Å². The van der Waals surface area contributed by atoms with E-state index in [1.54, 1.807) is 17.8 Å². The molecule has 0 radical (unpaired) electrons. The van der Waals surface area contributed by atoms with Crippen molar-refractivity contribution in [2.24, 2.45) is 0 Å². The number of thioether (sulfide) groups is 1. The quantitative estimate of drug-likeness (QED) is 0.563. The molecular formula is C11H15NOS. The summed E-state index contributed by atoms with van der Waals surface area (Å²) in [6.45, 7) is 6.08. The Morgan fingerprint density at radius 3 is 2.79 bits per heavy atom. The van der Waals surface area contributed by atoms with Crippen LogP contribution in [0.5, 0.6) is 0 Å². The summed E-state index contributed by atoms with van der Waals surface area (Å²) < 4.78 is 0. The van der Waals surface area contributed by atoms with Crippen LogP contribution in [0, 0.1) is 0 Å². The molecule has 1 aromatic rings. The second kappa shape index (κ2) is 5.15. The van der Waals surface area contributed by atoms with Gasteiger partial charge in [-0.25, -0.2) is 4.98 Å². The van der Waals surface area contributed by atoms with Crippen molar-refractivity contribution in [3.05, 3.63) is 23.9 Å². The second-order valence-corrected chi connectivity index (χ2v) is 4.90. The number of Topliss-reactive ketones (excluding diaryl/α,β-unsaturated/α-hetero) is 1. The number of rotatable bonds is 4. The molecule has 0 aliphatic heterocycles. The Kier molecular flexibility index (Phi) is 4.14. The maximum Gasteiger partial charge on any atom is 0.180 e. The molecule has 0 aliphatic rings. The highest BCUT2D eigenvalue weighted by molar-refractivity contribution is 7.99. The summed E-state index contributed by atoms with van der Waals surface area (Å²) in [5.74, 6) is 0.108. The van der Waals surface area contributed by atoms with E-state index in [0.29, 0.717) is 17.4 Å². The zero-order valence-electron chi connectivity index (χ0n) is 8.78. The molecule has 0 N–H and O–H groups in total. The molecule has 76 valence electrons. The van der Waals surface area contributed by atoms with Gasteiger partial charge >= 0.3 is 0 Å². The van der Waals surface area contributed by atoms with Gasteiger partial charge in [0.05, 0.1) is 5.03 Å². The van der Waals surface area contributed by atoms with Crippen molar-refractivity contribution in [1.82, 2.24) is 4.98 Å². The van der Waals surface area contributed by atoms with Gasteiger partial charge in [0.1, 0.15) is 5.69 Å². The number of pyridine rings is 1. The Hall–Kier alpha value is -0.830. The van der Waals surface area contributed by atoms with E-state index >= 15 is 0 Å². The third-order valence-corrected chi connectivity index (χ3v) is 2.63. The minimum atomic E-state index is 0.108. The highest BCUT2D eigenvalue weighted by Gasteiger charge is 2.06. The van der Waals surface area contributed by atoms with Crippen LogP contribution < -0.4 is 0 Å². The SMILES string of the molecule is CCC(=O)c1cccc(SC(C)C)n1. The smallest absolute Gasteiger partial charge is 0.180 e. The van der Waals surface area contributed by atoms with Crippen molar-refractivity contribution in [3.8, 4) is 0 Å². The first-order valence-corrected chi connectivity index (χ1v) is 5.68. The summed E-state index contributed by atoms with van der Waals surface area (Å²) in [7, 11) is 0. The summed E-state index contributed by atoms with van der Waals surface area (Å²) in [6.07, 6.45) is 0.517. The van der Waals surface area contributed by atoms with Gasteiger partial charge in [-0.15, -0.1) is 11.8 Å². The predicted molar refractivity (Wildman–Crippen MR) is 59.9 cm³/mol. The first-order valence-electron chi connectivity index (χ1n) is 4.80. The molecule has 2 nitrogen and oxygen atoms in total. The van der Waals surface area contributed by atoms with Crippen LogP contribution in [-0.2, 0) is 0 Å². The fourth-order valence-electron chi connectivity index (χ4n) is 1.06. The van der Waals surface area contributed by atoms with Gasteiger partial charge in [-0.05, 0) is 12.1 Å². The average molecular weight is 209 g/mol. The summed E-state index contributed by atoms with van der Waals surface area (Å²) in [4.78, 5) is 15.7. The molecule has 1 heterocycles. The molecule has 0 fully saturated rings. The third kappa shape index (κ3) is 3.14. The molecule has 0 spiro atoms. The lowest BCUT2D eigenvalue weighted by molar-refractivity contribution is 0.0983. The molecular weight excluding hydrogens is 194 g/mol. The minimum absolute atomic E-state index is 0.108. The van der Waals surface area contributed by atoms with Crippen LogP contribution in [0.3, 0.4) is 0 Å². The second-order valence-electron chi connectivity index (χ2n) is 3.30. The highest BCUT2D eigenvalue weighted by atomic mass is 32.2. The van der Waals surface area contributed by atoms with Gasteiger partial charge in [-0.1, -0.05) is 26.8 Å². The first-order chi connectivity index (χ1) is 6.63. The molecule has 0 amide bonds. The maximum atomic E-state index is 11.4. The Morgan fingerprint density at radius 1 is 1.50 bits per heavy atom. The summed E-state index contributed by atoms with van der Waals surface area (Å²) in [6, 6.07) is 5.61. The van der Waals surface area contributed by atoms with E-state index in [9.17, 15) is 4.79 Å². The van der Waals surface area contributed by atoms with E-state index in [1.165, 1.54) is 0 Å². The molecule has 0 saturated heterocycles. The lowest BCUT2D eigenvalue weighted by atomic mass is 10.2. The Bertz CT molecular complexity index is 323. The van der Waals surface area contributed by atoms with Crippen LogP contribution >= 0.6 is 11.8 Å². The molecule has 0 aliphatic carbocycles. The fourth-order valence-corrected chi connectivity index (χ4v) is 1.85. The van der Waals surface area contributed by atoms with Crippen LogP contribution in [0.15, 0.2) is 23.2 Å². The number of aromatic nitrogens is 1. The van der Waals surface area contributed by atoms with Crippen LogP contribution in [0.2, 0.25) is 0 Å². The lowest BCUT2D eigenvalue weighted by Gasteiger charge is -2.04. The standard InChI is InChI=1S/C11H15NOS/c1-4-10(13)9-6-5-7-11(12-9)14-8(2)3/h5-8H,4H2,1-3H3. The molecule has 1 aromatic heterocycles. The molecule has 1 rings (SSSR count). The predicted octanol–water partition coefficient (Wildman–Crippen LogP) is 3.17. The van der Waals surface area contributed by atoms with E-state index in [4.69, 9.17) is 0 Å². The van der Waals surface area contributed by atoms with Gasteiger partial charge in [0, 0.05) is 11.7 Å². The number of ketones is 1. The van der Waals surface area contributed by atoms with Crippen molar-refractivity contribution in [3.63, 3.8) is 0 Å². The lowest BCUT2D eigenvalue weighted by Crippen LogP contribution is -2.01. The molecule has 0 saturated carbocycles. The van der Waals surface area contributed by atoms with Crippen LogP contribution in [-0.4, -0.2) is 16.0 Å². The zero-order valence-corrected chi connectivity index (χ0v) is 9.60. The largest absolute Gasteiger partial charge is 0.292 e. The van der Waals surface area contributed by atoms with Crippen molar-refractivity contribution in [2.45, 2.75) is 37.5 Å². The number of hydrogen-bond donors (Lipinski definition) is 0. The Labute approximate surface area is 89.1 Å². The van der Waals surface area contributed by atoms with Crippen molar-refractivity contribution in [1.29, 1.82) is 0 Å². The number of hydrogen-bond acceptors (Lipinski definition) is 3. The Morgan fingerprint density at radius 2 is 2.21 bits per heavy atom. The third-order valence-electron chi connectivity index (χ3n) is 1.69. The van der Waals surface area contributed by atoms with E-state index in [1.807, 2.05) is 19.1 Å². The van der Waals surface area contributed by atoms with Crippen LogP contribution in [0.25, 0.3) is 0 Å². The molecule has 0 aromatic carbocycles. The van der Waals surface area contributed by atoms with Gasteiger partial charge in [-0.2, -0.15) is 0 Å². The minimum Gasteiger partial charge on any atom is -0.292 e. The number of nitrogens with zero attached hydrogens (tertiary/aromatic N) is 1. The summed E-state index contributed by atoms with van der Waals surface area (Å²) in [5, 5.41) is 1.42. The van der Waals surface area contributed by atoms with Gasteiger partial charge < -0.3 is 0 Å². The topological polar surface area (TPSA) is 30.0 Å².